The molecule has 2 aromatic heterocycles. The van der Waals surface area contributed by atoms with Gasteiger partial charge in [-0.3, -0.25) is 14.4 Å². The molecule has 2 aliphatic rings. The summed E-state index contributed by atoms with van der Waals surface area (Å²) in [7, 11) is 1.60. The van der Waals surface area contributed by atoms with Crippen LogP contribution >= 0.6 is 34.8 Å². The Morgan fingerprint density at radius 1 is 1.00 bits per heavy atom. The number of anilines is 1. The van der Waals surface area contributed by atoms with Gasteiger partial charge >= 0.3 is 0 Å². The zero-order valence-corrected chi connectivity index (χ0v) is 25.7. The molecule has 1 fully saturated rings. The fourth-order valence-corrected chi connectivity index (χ4v) is 6.48. The minimum Gasteiger partial charge on any atom is -0.481 e. The number of nitrogens with zero attached hydrogens (tertiary/aromatic N) is 2. The fourth-order valence-electron chi connectivity index (χ4n) is 5.73. The van der Waals surface area contributed by atoms with Gasteiger partial charge in [0.1, 0.15) is 10.7 Å². The lowest BCUT2D eigenvalue weighted by Crippen LogP contribution is -2.36. The van der Waals surface area contributed by atoms with Crippen molar-refractivity contribution in [3.05, 3.63) is 90.8 Å². The molecule has 6 rings (SSSR count). The van der Waals surface area contributed by atoms with E-state index in [9.17, 15) is 14.4 Å². The van der Waals surface area contributed by atoms with Gasteiger partial charge in [-0.15, -0.1) is 0 Å². The first-order chi connectivity index (χ1) is 21.2. The molecule has 2 aromatic carbocycles. The average molecular weight is 654 g/mol. The zero-order valence-electron chi connectivity index (χ0n) is 23.5. The number of nitrogens with one attached hydrogen (secondary N) is 4. The third-order valence-electron chi connectivity index (χ3n) is 7.88. The number of amides is 2. The highest BCUT2D eigenvalue weighted by Crippen LogP contribution is 2.44. The summed E-state index contributed by atoms with van der Waals surface area (Å²) in [6, 6.07) is 14.1. The Hall–Kier alpha value is -3.96. The van der Waals surface area contributed by atoms with Gasteiger partial charge in [-0.05, 0) is 43.0 Å². The van der Waals surface area contributed by atoms with Crippen molar-refractivity contribution in [2.75, 3.05) is 19.0 Å². The molecule has 4 aromatic rings. The number of aryl methyl sites for hydroxylation is 1. The quantitative estimate of drug-likeness (QED) is 0.195. The molecule has 10 nitrogen and oxygen atoms in total. The smallest absolute Gasteiger partial charge is 0.277 e. The average Bonchev–Trinajstić information content (AvgIpc) is 3.63. The first kappa shape index (κ1) is 30.1. The predicted molar refractivity (Wildman–Crippen MR) is 170 cm³/mol. The number of pyridine rings is 1. The number of fused-ring (bicyclic) bond motifs is 1. The summed E-state index contributed by atoms with van der Waals surface area (Å²) < 4.78 is 5.76. The number of rotatable bonds is 8. The number of methoxy groups -OCH3 is 1. The number of aromatic nitrogens is 3. The van der Waals surface area contributed by atoms with Crippen LogP contribution in [0.25, 0.3) is 22.4 Å². The molecule has 2 unspecified atom stereocenters. The van der Waals surface area contributed by atoms with Crippen LogP contribution in [0.1, 0.15) is 46.8 Å². The van der Waals surface area contributed by atoms with Crippen molar-refractivity contribution in [1.29, 1.82) is 0 Å². The van der Waals surface area contributed by atoms with Crippen molar-refractivity contribution in [2.45, 2.75) is 37.8 Å². The second-order valence-corrected chi connectivity index (χ2v) is 11.8. The highest BCUT2D eigenvalue weighted by Gasteiger charge is 2.30. The number of H-pyrrole nitrogens is 1. The molecule has 44 heavy (non-hydrogen) atoms. The summed E-state index contributed by atoms with van der Waals surface area (Å²) in [6.45, 7) is 0.682. The normalized spacial score (nSPS) is 17.3. The third kappa shape index (κ3) is 5.90. The van der Waals surface area contributed by atoms with E-state index in [4.69, 9.17) is 44.5 Å². The number of carbonyl (C=O) groups excluding carboxylic acids is 2. The molecule has 0 saturated carbocycles. The van der Waals surface area contributed by atoms with Crippen LogP contribution in [0, 0.1) is 0 Å². The Bertz CT molecular complexity index is 1850. The lowest BCUT2D eigenvalue weighted by Gasteiger charge is -2.20. The molecule has 3 heterocycles. The molecule has 1 aliphatic heterocycles. The number of hydrogen-bond donors (Lipinski definition) is 4. The number of ether oxygens (including phenoxy) is 1. The molecule has 2 atom stereocenters. The van der Waals surface area contributed by atoms with E-state index in [0.29, 0.717) is 46.3 Å². The van der Waals surface area contributed by atoms with E-state index in [0.717, 1.165) is 30.4 Å². The predicted octanol–water partition coefficient (Wildman–Crippen LogP) is 5.58. The maximum Gasteiger partial charge on any atom is 0.277 e. The van der Waals surface area contributed by atoms with Gasteiger partial charge in [0.2, 0.25) is 11.8 Å². The zero-order chi connectivity index (χ0) is 31.0. The molecule has 4 N–H and O–H groups in total. The number of carbonyl (C=O) groups is 2. The van der Waals surface area contributed by atoms with E-state index in [-0.39, 0.29) is 39.4 Å². The van der Waals surface area contributed by atoms with Crippen LogP contribution in [-0.4, -0.2) is 46.7 Å². The second kappa shape index (κ2) is 12.6. The van der Waals surface area contributed by atoms with Gasteiger partial charge in [0.25, 0.3) is 11.5 Å². The van der Waals surface area contributed by atoms with Gasteiger partial charge < -0.3 is 20.7 Å². The van der Waals surface area contributed by atoms with E-state index in [1.54, 1.807) is 25.3 Å². The Morgan fingerprint density at radius 2 is 1.75 bits per heavy atom. The maximum atomic E-state index is 12.8. The Morgan fingerprint density at radius 3 is 2.50 bits per heavy atom. The van der Waals surface area contributed by atoms with E-state index in [1.165, 1.54) is 6.07 Å². The Balaban J connectivity index is 1.29. The maximum absolute atomic E-state index is 12.8. The second-order valence-electron chi connectivity index (χ2n) is 10.6. The van der Waals surface area contributed by atoms with Crippen molar-refractivity contribution in [2.24, 2.45) is 0 Å². The van der Waals surface area contributed by atoms with Gasteiger partial charge in [0.05, 0.1) is 28.5 Å². The Labute approximate surface area is 267 Å². The van der Waals surface area contributed by atoms with E-state index in [1.807, 2.05) is 24.3 Å². The molecular formula is C31H27Cl3N6O4. The molecule has 1 saturated heterocycles. The van der Waals surface area contributed by atoms with Crippen LogP contribution in [0.5, 0.6) is 5.88 Å². The standard InChI is InChI=1S/C31H27Cl3N6O4/c1-44-31-26-15(8-10-21(26)35-14-16-9-11-25(41)36-16)12-23(38-31)19-6-2-4-17(27(19)33)18-5-3-7-22(28(18)34)37-29(42)20-13-24(32)39-40-30(20)43/h2-7,12-13,16,21,35H,8-11,14H2,1H3,(H,36,41)(H,37,42)(H,40,43). The van der Waals surface area contributed by atoms with Gasteiger partial charge in [0.15, 0.2) is 0 Å². The third-order valence-corrected chi connectivity index (χ3v) is 8.89. The van der Waals surface area contributed by atoms with Crippen molar-refractivity contribution in [1.82, 2.24) is 25.8 Å². The van der Waals surface area contributed by atoms with Crippen molar-refractivity contribution < 1.29 is 14.3 Å². The summed E-state index contributed by atoms with van der Waals surface area (Å²) in [5.74, 6) is -0.0700. The number of benzene rings is 2. The first-order valence-corrected chi connectivity index (χ1v) is 15.1. The molecule has 2 amide bonds. The molecular weight excluding hydrogens is 627 g/mol. The minimum absolute atomic E-state index is 0.0270. The van der Waals surface area contributed by atoms with Crippen LogP contribution in [0.3, 0.4) is 0 Å². The SMILES string of the molecule is COc1nc(-c2cccc(-c3cccc(NC(=O)c4cc(Cl)n[nH]c4=O)c3Cl)c2Cl)cc2c1C(NCC1CCC(=O)N1)CC2. The summed E-state index contributed by atoms with van der Waals surface area (Å²) >= 11 is 19.6. The lowest BCUT2D eigenvalue weighted by molar-refractivity contribution is -0.119. The van der Waals surface area contributed by atoms with Crippen LogP contribution in [0.15, 0.2) is 53.3 Å². The molecule has 226 valence electrons. The summed E-state index contributed by atoms with van der Waals surface area (Å²) in [4.78, 5) is 41.4. The van der Waals surface area contributed by atoms with Gasteiger partial charge in [-0.25, -0.2) is 10.1 Å². The first-order valence-electron chi connectivity index (χ1n) is 14.0. The van der Waals surface area contributed by atoms with Crippen LogP contribution in [0.2, 0.25) is 15.2 Å². The van der Waals surface area contributed by atoms with Gasteiger partial charge in [-0.1, -0.05) is 65.1 Å². The van der Waals surface area contributed by atoms with Crippen LogP contribution in [-0.2, 0) is 11.2 Å². The molecule has 0 spiro atoms. The van der Waals surface area contributed by atoms with Gasteiger partial charge in [0, 0.05) is 47.3 Å². The van der Waals surface area contributed by atoms with E-state index < -0.39 is 11.5 Å². The highest BCUT2D eigenvalue weighted by molar-refractivity contribution is 6.39. The van der Waals surface area contributed by atoms with Crippen LogP contribution in [0.4, 0.5) is 5.69 Å². The number of aromatic amines is 1. The summed E-state index contributed by atoms with van der Waals surface area (Å²) in [6.07, 6.45) is 3.12. The fraction of sp³-hybridized carbons (Fsp3) is 0.258. The van der Waals surface area contributed by atoms with Crippen LogP contribution < -0.4 is 26.2 Å². The van der Waals surface area contributed by atoms with Crippen molar-refractivity contribution >= 4 is 52.3 Å². The van der Waals surface area contributed by atoms with Gasteiger partial charge in [-0.2, -0.15) is 5.10 Å². The lowest BCUT2D eigenvalue weighted by atomic mass is 9.99. The minimum atomic E-state index is -0.690. The van der Waals surface area contributed by atoms with E-state index >= 15 is 0 Å². The molecule has 13 heteroatoms. The number of halogens is 3. The summed E-state index contributed by atoms with van der Waals surface area (Å²) in [5, 5.41) is 15.7. The van der Waals surface area contributed by atoms with Crippen molar-refractivity contribution in [3.63, 3.8) is 0 Å². The largest absolute Gasteiger partial charge is 0.481 e. The molecule has 1 aliphatic carbocycles. The highest BCUT2D eigenvalue weighted by atomic mass is 35.5. The monoisotopic (exact) mass is 652 g/mol. The number of hydrogen-bond acceptors (Lipinski definition) is 7. The van der Waals surface area contributed by atoms with E-state index in [2.05, 4.69) is 26.1 Å². The Kier molecular flexibility index (Phi) is 8.59. The molecule has 0 radical (unpaired) electrons. The topological polar surface area (TPSA) is 138 Å². The van der Waals surface area contributed by atoms with Crippen molar-refractivity contribution in [3.8, 4) is 28.3 Å². The summed E-state index contributed by atoms with van der Waals surface area (Å²) in [5.41, 5.74) is 4.11. The molecule has 0 bridgehead atoms.